The Morgan fingerprint density at radius 2 is 2.04 bits per heavy atom. The molecule has 0 aliphatic heterocycles. The molecule has 1 amide bonds. The number of nitrogens with one attached hydrogen (secondary N) is 1. The summed E-state index contributed by atoms with van der Waals surface area (Å²) in [5.41, 5.74) is 8.58. The largest absolute Gasteiger partial charge is 0.445 e. The van der Waals surface area contributed by atoms with Gasteiger partial charge in [0.25, 0.3) is 0 Å². The number of halogens is 1. The van der Waals surface area contributed by atoms with E-state index >= 15 is 0 Å². The number of carbonyl (C=O) groups excluding carboxylic acids is 1. The number of aryl methyl sites for hydroxylation is 1. The van der Waals surface area contributed by atoms with Crippen LogP contribution in [-0.2, 0) is 11.3 Å². The lowest BCUT2D eigenvalue weighted by molar-refractivity contribution is 0.141. The number of anilines is 1. The van der Waals surface area contributed by atoms with Crippen molar-refractivity contribution >= 4 is 17.9 Å². The number of hydrogen-bond donors (Lipinski definition) is 2. The summed E-state index contributed by atoms with van der Waals surface area (Å²) in [6.07, 6.45) is 2.85. The van der Waals surface area contributed by atoms with Gasteiger partial charge in [0.15, 0.2) is 0 Å². The van der Waals surface area contributed by atoms with E-state index in [2.05, 4.69) is 5.32 Å². The maximum atomic E-state index is 13.3. The van der Waals surface area contributed by atoms with E-state index in [9.17, 15) is 9.18 Å². The summed E-state index contributed by atoms with van der Waals surface area (Å²) in [4.78, 5) is 11.6. The highest BCUT2D eigenvalue weighted by Gasteiger charge is 2.03. The first-order valence-corrected chi connectivity index (χ1v) is 7.23. The van der Waals surface area contributed by atoms with Crippen molar-refractivity contribution in [3.63, 3.8) is 0 Å². The van der Waals surface area contributed by atoms with Gasteiger partial charge >= 0.3 is 6.09 Å². The van der Waals surface area contributed by atoms with E-state index in [0.29, 0.717) is 16.8 Å². The van der Waals surface area contributed by atoms with Gasteiger partial charge in [-0.15, -0.1) is 0 Å². The average Bonchev–Trinajstić information content (AvgIpc) is 2.54. The van der Waals surface area contributed by atoms with Gasteiger partial charge in [-0.3, -0.25) is 0 Å². The first-order chi connectivity index (χ1) is 11.1. The minimum atomic E-state index is -0.512. The maximum Gasteiger partial charge on any atom is 0.407 e. The van der Waals surface area contributed by atoms with Gasteiger partial charge in [0.05, 0.1) is 0 Å². The Morgan fingerprint density at radius 3 is 2.78 bits per heavy atom. The zero-order valence-electron chi connectivity index (χ0n) is 12.9. The van der Waals surface area contributed by atoms with Crippen LogP contribution in [0.2, 0.25) is 0 Å². The first-order valence-electron chi connectivity index (χ1n) is 7.23. The molecule has 3 N–H and O–H groups in total. The third-order valence-electron chi connectivity index (χ3n) is 3.26. The summed E-state index contributed by atoms with van der Waals surface area (Å²) >= 11 is 0. The van der Waals surface area contributed by atoms with E-state index < -0.39 is 6.09 Å². The molecule has 0 aliphatic rings. The molecular weight excluding hydrogens is 295 g/mol. The highest BCUT2D eigenvalue weighted by atomic mass is 19.1. The van der Waals surface area contributed by atoms with Crippen LogP contribution in [0.15, 0.2) is 48.5 Å². The van der Waals surface area contributed by atoms with Gasteiger partial charge in [0.2, 0.25) is 0 Å². The number of ether oxygens (including phenoxy) is 1. The maximum absolute atomic E-state index is 13.3. The molecular formula is C18H19FN2O2. The van der Waals surface area contributed by atoms with Gasteiger partial charge in [-0.2, -0.15) is 0 Å². The Labute approximate surface area is 134 Å². The average molecular weight is 314 g/mol. The summed E-state index contributed by atoms with van der Waals surface area (Å²) in [5, 5.41) is 2.59. The van der Waals surface area contributed by atoms with E-state index in [-0.39, 0.29) is 19.0 Å². The summed E-state index contributed by atoms with van der Waals surface area (Å²) in [5.74, 6) is -0.341. The Hall–Kier alpha value is -2.82. The third-order valence-corrected chi connectivity index (χ3v) is 3.26. The van der Waals surface area contributed by atoms with Crippen molar-refractivity contribution in [3.05, 3.63) is 71.0 Å². The van der Waals surface area contributed by atoms with E-state index in [1.165, 1.54) is 12.1 Å². The standard InChI is InChI=1S/C18H19FN2O2/c1-13-10-16(19)11-15(17(13)20)8-5-9-21-18(22)23-12-14-6-3-2-4-7-14/h2-8,10-11H,9,12,20H2,1H3,(H,21,22). The molecule has 0 fully saturated rings. The summed E-state index contributed by atoms with van der Waals surface area (Å²) in [6, 6.07) is 12.1. The second-order valence-corrected chi connectivity index (χ2v) is 5.07. The van der Waals surface area contributed by atoms with Gasteiger partial charge in [0, 0.05) is 17.8 Å². The molecule has 0 atom stereocenters. The normalized spacial score (nSPS) is 10.7. The SMILES string of the molecule is Cc1cc(F)cc(C=CCNC(=O)OCc2ccccc2)c1N. The van der Waals surface area contributed by atoms with Crippen LogP contribution in [0.1, 0.15) is 16.7 Å². The number of alkyl carbamates (subject to hydrolysis) is 1. The van der Waals surface area contributed by atoms with Crippen molar-refractivity contribution in [2.75, 3.05) is 12.3 Å². The van der Waals surface area contributed by atoms with Crippen LogP contribution in [0.3, 0.4) is 0 Å². The van der Waals surface area contributed by atoms with Crippen molar-refractivity contribution in [2.24, 2.45) is 0 Å². The lowest BCUT2D eigenvalue weighted by atomic mass is 10.1. The molecule has 4 nitrogen and oxygen atoms in total. The van der Waals surface area contributed by atoms with Gasteiger partial charge < -0.3 is 15.8 Å². The molecule has 0 bridgehead atoms. The number of nitrogen functional groups attached to an aromatic ring is 1. The predicted octanol–water partition coefficient (Wildman–Crippen LogP) is 3.66. The van der Waals surface area contributed by atoms with Gasteiger partial charge in [0.1, 0.15) is 12.4 Å². The molecule has 0 heterocycles. The van der Waals surface area contributed by atoms with Crippen molar-refractivity contribution < 1.29 is 13.9 Å². The minimum Gasteiger partial charge on any atom is -0.445 e. The molecule has 2 rings (SSSR count). The minimum absolute atomic E-state index is 0.215. The van der Waals surface area contributed by atoms with Gasteiger partial charge in [-0.05, 0) is 30.2 Å². The molecule has 23 heavy (non-hydrogen) atoms. The summed E-state index contributed by atoms with van der Waals surface area (Å²) in [7, 11) is 0. The fourth-order valence-electron chi connectivity index (χ4n) is 2.02. The molecule has 0 spiro atoms. The fourth-order valence-corrected chi connectivity index (χ4v) is 2.02. The van der Waals surface area contributed by atoms with Crippen LogP contribution in [0.5, 0.6) is 0 Å². The van der Waals surface area contributed by atoms with E-state index in [0.717, 1.165) is 5.56 Å². The zero-order valence-corrected chi connectivity index (χ0v) is 12.9. The lowest BCUT2D eigenvalue weighted by Crippen LogP contribution is -2.24. The van der Waals surface area contributed by atoms with Crippen LogP contribution in [0.4, 0.5) is 14.9 Å². The molecule has 0 radical (unpaired) electrons. The van der Waals surface area contributed by atoms with Crippen molar-refractivity contribution in [2.45, 2.75) is 13.5 Å². The zero-order chi connectivity index (χ0) is 16.7. The van der Waals surface area contributed by atoms with Crippen molar-refractivity contribution in [1.82, 2.24) is 5.32 Å². The second kappa shape index (κ2) is 7.98. The Kier molecular flexibility index (Phi) is 5.74. The Balaban J connectivity index is 1.79. The number of hydrogen-bond acceptors (Lipinski definition) is 3. The van der Waals surface area contributed by atoms with Crippen LogP contribution >= 0.6 is 0 Å². The third kappa shape index (κ3) is 5.14. The molecule has 0 saturated carbocycles. The van der Waals surface area contributed by atoms with E-state index in [4.69, 9.17) is 10.5 Å². The molecule has 2 aromatic rings. The smallest absolute Gasteiger partial charge is 0.407 e. The van der Waals surface area contributed by atoms with Crippen molar-refractivity contribution in [1.29, 1.82) is 0 Å². The highest BCUT2D eigenvalue weighted by molar-refractivity contribution is 5.69. The van der Waals surface area contributed by atoms with Crippen molar-refractivity contribution in [3.8, 4) is 0 Å². The molecule has 2 aromatic carbocycles. The van der Waals surface area contributed by atoms with Crippen LogP contribution < -0.4 is 11.1 Å². The summed E-state index contributed by atoms with van der Waals surface area (Å²) < 4.78 is 18.4. The molecule has 0 unspecified atom stereocenters. The monoisotopic (exact) mass is 314 g/mol. The predicted molar refractivity (Wildman–Crippen MR) is 89.2 cm³/mol. The van der Waals surface area contributed by atoms with Crippen LogP contribution in [-0.4, -0.2) is 12.6 Å². The second-order valence-electron chi connectivity index (χ2n) is 5.07. The number of rotatable bonds is 5. The summed E-state index contributed by atoms with van der Waals surface area (Å²) in [6.45, 7) is 2.23. The number of amides is 1. The number of nitrogens with two attached hydrogens (primary N) is 1. The van der Waals surface area contributed by atoms with E-state index in [1.54, 1.807) is 19.1 Å². The number of carbonyl (C=O) groups is 1. The van der Waals surface area contributed by atoms with E-state index in [1.807, 2.05) is 30.3 Å². The van der Waals surface area contributed by atoms with Gasteiger partial charge in [-0.1, -0.05) is 42.5 Å². The Morgan fingerprint density at radius 1 is 1.30 bits per heavy atom. The molecule has 0 aromatic heterocycles. The van der Waals surface area contributed by atoms with Crippen LogP contribution in [0, 0.1) is 12.7 Å². The lowest BCUT2D eigenvalue weighted by Gasteiger charge is -2.06. The molecule has 0 aliphatic carbocycles. The molecule has 5 heteroatoms. The number of benzene rings is 2. The highest BCUT2D eigenvalue weighted by Crippen LogP contribution is 2.20. The quantitative estimate of drug-likeness (QED) is 0.828. The fraction of sp³-hybridized carbons (Fsp3) is 0.167. The Bertz CT molecular complexity index is 700. The topological polar surface area (TPSA) is 64.3 Å². The molecule has 120 valence electrons. The van der Waals surface area contributed by atoms with Gasteiger partial charge in [-0.25, -0.2) is 9.18 Å². The first kappa shape index (κ1) is 16.5. The molecule has 0 saturated heterocycles. The van der Waals surface area contributed by atoms with Crippen LogP contribution in [0.25, 0.3) is 6.08 Å².